The summed E-state index contributed by atoms with van der Waals surface area (Å²) in [7, 11) is 0. The molecule has 0 aliphatic carbocycles. The minimum atomic E-state index is -0.326. The number of ether oxygens (including phenoxy) is 1. The number of hydrogen-bond donors (Lipinski definition) is 0. The van der Waals surface area contributed by atoms with Crippen molar-refractivity contribution in [2.45, 2.75) is 0 Å². The van der Waals surface area contributed by atoms with Gasteiger partial charge >= 0.3 is 0 Å². The van der Waals surface area contributed by atoms with Crippen LogP contribution in [0.1, 0.15) is 11.1 Å². The fourth-order valence-corrected chi connectivity index (χ4v) is 2.36. The summed E-state index contributed by atoms with van der Waals surface area (Å²) in [4.78, 5) is 0. The van der Waals surface area contributed by atoms with Crippen molar-refractivity contribution in [3.05, 3.63) is 76.5 Å². The summed E-state index contributed by atoms with van der Waals surface area (Å²) in [5.74, 6) is 0.379. The van der Waals surface area contributed by atoms with Crippen LogP contribution in [-0.2, 0) is 0 Å². The monoisotopic (exact) mass is 357 g/mol. The highest BCUT2D eigenvalue weighted by Gasteiger charge is 2.04. The van der Waals surface area contributed by atoms with Gasteiger partial charge in [-0.1, -0.05) is 30.9 Å². The lowest BCUT2D eigenvalue weighted by Gasteiger charge is -2.07. The average molecular weight is 358 g/mol. The van der Waals surface area contributed by atoms with Crippen LogP contribution in [0.15, 0.2) is 59.6 Å². The standard InChI is InChI=1S/C18H13BrFNO/c1-2-9-22-18-8-3-13(11-17(18)19)10-15(12-21)14-4-6-16(20)7-5-14/h2-8,10-11H,1,9H2/b15-10-. The Balaban J connectivity index is 2.30. The number of rotatable bonds is 5. The van der Waals surface area contributed by atoms with E-state index in [1.54, 1.807) is 24.3 Å². The van der Waals surface area contributed by atoms with Crippen LogP contribution in [0.4, 0.5) is 4.39 Å². The highest BCUT2D eigenvalue weighted by Crippen LogP contribution is 2.28. The number of nitrogens with zero attached hydrogens (tertiary/aromatic N) is 1. The normalized spacial score (nSPS) is 10.9. The minimum absolute atomic E-state index is 0.326. The van der Waals surface area contributed by atoms with Gasteiger partial charge in [-0.3, -0.25) is 0 Å². The molecule has 22 heavy (non-hydrogen) atoms. The van der Waals surface area contributed by atoms with Crippen molar-refractivity contribution >= 4 is 27.6 Å². The first-order chi connectivity index (χ1) is 10.6. The molecule has 0 radical (unpaired) electrons. The van der Waals surface area contributed by atoms with Crippen LogP contribution in [0.25, 0.3) is 11.6 Å². The van der Waals surface area contributed by atoms with Crippen LogP contribution >= 0.6 is 15.9 Å². The maximum atomic E-state index is 13.0. The summed E-state index contributed by atoms with van der Waals surface area (Å²) in [6, 6.07) is 13.5. The second-order valence-electron chi connectivity index (χ2n) is 4.47. The molecule has 0 aliphatic heterocycles. The summed E-state index contributed by atoms with van der Waals surface area (Å²) >= 11 is 3.43. The SMILES string of the molecule is C=CCOc1ccc(/C=C(/C#N)c2ccc(F)cc2)cc1Br. The molecular weight excluding hydrogens is 345 g/mol. The van der Waals surface area contributed by atoms with Crippen molar-refractivity contribution in [3.63, 3.8) is 0 Å². The van der Waals surface area contributed by atoms with Gasteiger partial charge in [-0.05, 0) is 57.4 Å². The second kappa shape index (κ2) is 7.58. The van der Waals surface area contributed by atoms with Gasteiger partial charge in [0.2, 0.25) is 0 Å². The summed E-state index contributed by atoms with van der Waals surface area (Å²) < 4.78 is 19.2. The predicted octanol–water partition coefficient (Wildman–Crippen LogP) is 5.22. The molecule has 0 aliphatic rings. The van der Waals surface area contributed by atoms with Crippen LogP contribution in [0.5, 0.6) is 5.75 Å². The fourth-order valence-electron chi connectivity index (χ4n) is 1.85. The zero-order valence-corrected chi connectivity index (χ0v) is 13.3. The van der Waals surface area contributed by atoms with Gasteiger partial charge in [0.25, 0.3) is 0 Å². The number of hydrogen-bond acceptors (Lipinski definition) is 2. The topological polar surface area (TPSA) is 33.0 Å². The van der Waals surface area contributed by atoms with E-state index in [4.69, 9.17) is 4.74 Å². The first-order valence-corrected chi connectivity index (χ1v) is 7.34. The lowest BCUT2D eigenvalue weighted by Crippen LogP contribution is -1.93. The molecule has 0 aromatic heterocycles. The van der Waals surface area contributed by atoms with Gasteiger partial charge in [0, 0.05) is 0 Å². The summed E-state index contributed by atoms with van der Waals surface area (Å²) in [6.07, 6.45) is 3.41. The largest absolute Gasteiger partial charge is 0.488 e. The molecule has 0 atom stereocenters. The quantitative estimate of drug-likeness (QED) is 0.417. The lowest BCUT2D eigenvalue weighted by atomic mass is 10.0. The fraction of sp³-hybridized carbons (Fsp3) is 0.0556. The van der Waals surface area contributed by atoms with Crippen LogP contribution in [-0.4, -0.2) is 6.61 Å². The first kappa shape index (κ1) is 16.0. The third kappa shape index (κ3) is 4.06. The molecule has 0 spiro atoms. The molecule has 0 bridgehead atoms. The van der Waals surface area contributed by atoms with Gasteiger partial charge in [-0.25, -0.2) is 4.39 Å². The van der Waals surface area contributed by atoms with E-state index in [0.29, 0.717) is 23.5 Å². The summed E-state index contributed by atoms with van der Waals surface area (Å²) in [5.41, 5.74) is 1.98. The zero-order valence-electron chi connectivity index (χ0n) is 11.7. The van der Waals surface area contributed by atoms with Crippen LogP contribution in [0.3, 0.4) is 0 Å². The summed E-state index contributed by atoms with van der Waals surface area (Å²) in [6.45, 7) is 4.02. The Morgan fingerprint density at radius 2 is 2.00 bits per heavy atom. The highest BCUT2D eigenvalue weighted by atomic mass is 79.9. The minimum Gasteiger partial charge on any atom is -0.488 e. The predicted molar refractivity (Wildman–Crippen MR) is 89.7 cm³/mol. The molecule has 2 rings (SSSR count). The lowest BCUT2D eigenvalue weighted by molar-refractivity contribution is 0.361. The van der Waals surface area contributed by atoms with E-state index in [1.807, 2.05) is 18.2 Å². The molecule has 0 unspecified atom stereocenters. The van der Waals surface area contributed by atoms with Gasteiger partial charge in [0.1, 0.15) is 18.2 Å². The summed E-state index contributed by atoms with van der Waals surface area (Å²) in [5, 5.41) is 9.29. The third-order valence-corrected chi connectivity index (χ3v) is 3.52. The molecule has 2 aromatic rings. The van der Waals surface area contributed by atoms with E-state index in [2.05, 4.69) is 28.6 Å². The molecule has 0 fully saturated rings. The molecular formula is C18H13BrFNO. The first-order valence-electron chi connectivity index (χ1n) is 6.55. The van der Waals surface area contributed by atoms with Gasteiger partial charge < -0.3 is 4.74 Å². The Labute approximate surface area is 137 Å². The molecule has 0 saturated heterocycles. The molecule has 2 nitrogen and oxygen atoms in total. The molecule has 110 valence electrons. The van der Waals surface area contributed by atoms with Crippen molar-refractivity contribution in [2.75, 3.05) is 6.61 Å². The van der Waals surface area contributed by atoms with Crippen LogP contribution in [0, 0.1) is 17.1 Å². The maximum Gasteiger partial charge on any atom is 0.133 e. The molecule has 4 heteroatoms. The van der Waals surface area contributed by atoms with Gasteiger partial charge in [0.05, 0.1) is 16.1 Å². The number of halogens is 2. The number of allylic oxidation sites excluding steroid dienone is 1. The van der Waals surface area contributed by atoms with Crippen molar-refractivity contribution in [2.24, 2.45) is 0 Å². The zero-order chi connectivity index (χ0) is 15.9. The Hall–Kier alpha value is -2.38. The van der Waals surface area contributed by atoms with Crippen LogP contribution in [0.2, 0.25) is 0 Å². The van der Waals surface area contributed by atoms with Crippen LogP contribution < -0.4 is 4.74 Å². The van der Waals surface area contributed by atoms with Crippen molar-refractivity contribution in [1.82, 2.24) is 0 Å². The van der Waals surface area contributed by atoms with Crippen molar-refractivity contribution < 1.29 is 9.13 Å². The smallest absolute Gasteiger partial charge is 0.133 e. The van der Waals surface area contributed by atoms with Crippen molar-refractivity contribution in [1.29, 1.82) is 5.26 Å². The molecule has 0 saturated carbocycles. The van der Waals surface area contributed by atoms with E-state index in [-0.39, 0.29) is 5.82 Å². The molecule has 0 heterocycles. The maximum absolute atomic E-state index is 13.0. The van der Waals surface area contributed by atoms with E-state index in [9.17, 15) is 9.65 Å². The van der Waals surface area contributed by atoms with E-state index >= 15 is 0 Å². The number of nitriles is 1. The number of benzene rings is 2. The van der Waals surface area contributed by atoms with Gasteiger partial charge in [0.15, 0.2) is 0 Å². The van der Waals surface area contributed by atoms with Gasteiger partial charge in [-0.15, -0.1) is 0 Å². The Morgan fingerprint density at radius 1 is 1.27 bits per heavy atom. The second-order valence-corrected chi connectivity index (χ2v) is 5.32. The average Bonchev–Trinajstić information content (AvgIpc) is 2.53. The Bertz CT molecular complexity index is 745. The van der Waals surface area contributed by atoms with Crippen molar-refractivity contribution in [3.8, 4) is 11.8 Å². The van der Waals surface area contributed by atoms with E-state index in [1.165, 1.54) is 12.1 Å². The van der Waals surface area contributed by atoms with E-state index in [0.717, 1.165) is 10.0 Å². The molecule has 0 amide bonds. The van der Waals surface area contributed by atoms with E-state index < -0.39 is 0 Å². The third-order valence-electron chi connectivity index (χ3n) is 2.90. The Kier molecular flexibility index (Phi) is 5.51. The van der Waals surface area contributed by atoms with Gasteiger partial charge in [-0.2, -0.15) is 5.26 Å². The highest BCUT2D eigenvalue weighted by molar-refractivity contribution is 9.10. The molecule has 2 aromatic carbocycles. The molecule has 0 N–H and O–H groups in total. The Morgan fingerprint density at radius 3 is 2.59 bits per heavy atom.